The van der Waals surface area contributed by atoms with Gasteiger partial charge < -0.3 is 21.7 Å². The summed E-state index contributed by atoms with van der Waals surface area (Å²) in [5, 5.41) is 7.95. The summed E-state index contributed by atoms with van der Waals surface area (Å²) in [6, 6.07) is 6.94. The first-order chi connectivity index (χ1) is 9.15. The molecule has 1 aromatic rings. The predicted molar refractivity (Wildman–Crippen MR) is 74.7 cm³/mol. The molecular weight excluding hydrogens is 244 g/mol. The molecule has 3 amide bonds. The van der Waals surface area contributed by atoms with E-state index in [0.29, 0.717) is 25.3 Å². The van der Waals surface area contributed by atoms with E-state index in [0.717, 1.165) is 5.56 Å². The average Bonchev–Trinajstić information content (AvgIpc) is 2.40. The molecular formula is C13H20N4O2. The second-order valence-electron chi connectivity index (χ2n) is 3.99. The lowest BCUT2D eigenvalue weighted by Crippen LogP contribution is -2.33. The Morgan fingerprint density at radius 3 is 2.42 bits per heavy atom. The molecule has 6 heteroatoms. The van der Waals surface area contributed by atoms with E-state index in [1.807, 2.05) is 19.1 Å². The van der Waals surface area contributed by atoms with Gasteiger partial charge in [-0.1, -0.05) is 12.1 Å². The molecule has 0 aliphatic heterocycles. The van der Waals surface area contributed by atoms with Crippen molar-refractivity contribution in [2.24, 2.45) is 5.73 Å². The summed E-state index contributed by atoms with van der Waals surface area (Å²) >= 11 is 0. The van der Waals surface area contributed by atoms with Crippen molar-refractivity contribution < 1.29 is 9.59 Å². The van der Waals surface area contributed by atoms with Gasteiger partial charge in [0.15, 0.2) is 0 Å². The van der Waals surface area contributed by atoms with Gasteiger partial charge in [-0.05, 0) is 24.6 Å². The molecule has 0 atom stereocenters. The Kier molecular flexibility index (Phi) is 6.38. The molecule has 0 spiro atoms. The van der Waals surface area contributed by atoms with E-state index in [1.165, 1.54) is 0 Å². The SMILES string of the molecule is CCNC(=O)CCNC(=O)Nc1ccc(CN)cc1. The largest absolute Gasteiger partial charge is 0.356 e. The third-order valence-electron chi connectivity index (χ3n) is 2.46. The number of anilines is 1. The lowest BCUT2D eigenvalue weighted by Gasteiger charge is -2.08. The van der Waals surface area contributed by atoms with Crippen molar-refractivity contribution in [1.29, 1.82) is 0 Å². The van der Waals surface area contributed by atoms with Crippen molar-refractivity contribution in [1.82, 2.24) is 10.6 Å². The molecule has 0 saturated heterocycles. The number of carbonyl (C=O) groups is 2. The van der Waals surface area contributed by atoms with E-state index in [1.54, 1.807) is 12.1 Å². The van der Waals surface area contributed by atoms with Gasteiger partial charge in [0, 0.05) is 31.7 Å². The highest BCUT2D eigenvalue weighted by molar-refractivity contribution is 5.89. The zero-order valence-corrected chi connectivity index (χ0v) is 11.0. The van der Waals surface area contributed by atoms with Crippen molar-refractivity contribution >= 4 is 17.6 Å². The topological polar surface area (TPSA) is 96.2 Å². The fourth-order valence-corrected chi connectivity index (χ4v) is 1.47. The van der Waals surface area contributed by atoms with Crippen molar-refractivity contribution in [2.75, 3.05) is 18.4 Å². The third-order valence-corrected chi connectivity index (χ3v) is 2.46. The van der Waals surface area contributed by atoms with Crippen molar-refractivity contribution in [3.05, 3.63) is 29.8 Å². The molecule has 0 fully saturated rings. The van der Waals surface area contributed by atoms with Crippen molar-refractivity contribution in [3.63, 3.8) is 0 Å². The van der Waals surface area contributed by atoms with Gasteiger partial charge in [0.1, 0.15) is 0 Å². The van der Waals surface area contributed by atoms with Crippen LogP contribution >= 0.6 is 0 Å². The molecule has 19 heavy (non-hydrogen) atoms. The van der Waals surface area contributed by atoms with Gasteiger partial charge in [-0.25, -0.2) is 4.79 Å². The lowest BCUT2D eigenvalue weighted by atomic mass is 10.2. The van der Waals surface area contributed by atoms with E-state index >= 15 is 0 Å². The maximum atomic E-state index is 11.5. The minimum absolute atomic E-state index is 0.0740. The number of hydrogen-bond donors (Lipinski definition) is 4. The molecule has 0 radical (unpaired) electrons. The number of benzene rings is 1. The van der Waals surface area contributed by atoms with Gasteiger partial charge in [-0.3, -0.25) is 4.79 Å². The molecule has 6 nitrogen and oxygen atoms in total. The first-order valence-electron chi connectivity index (χ1n) is 6.26. The molecule has 0 aromatic heterocycles. The number of carbonyl (C=O) groups excluding carboxylic acids is 2. The molecule has 0 heterocycles. The van der Waals surface area contributed by atoms with Crippen LogP contribution in [0.25, 0.3) is 0 Å². The average molecular weight is 264 g/mol. The Balaban J connectivity index is 2.28. The summed E-state index contributed by atoms with van der Waals surface area (Å²) in [4.78, 5) is 22.7. The molecule has 5 N–H and O–H groups in total. The summed E-state index contributed by atoms with van der Waals surface area (Å²) in [7, 11) is 0. The molecule has 104 valence electrons. The fraction of sp³-hybridized carbons (Fsp3) is 0.385. The van der Waals surface area contributed by atoms with Crippen LogP contribution in [-0.2, 0) is 11.3 Å². The van der Waals surface area contributed by atoms with E-state index < -0.39 is 0 Å². The maximum Gasteiger partial charge on any atom is 0.319 e. The van der Waals surface area contributed by atoms with E-state index in [4.69, 9.17) is 5.73 Å². The first-order valence-corrected chi connectivity index (χ1v) is 6.26. The third kappa shape index (κ3) is 5.87. The van der Waals surface area contributed by atoms with Gasteiger partial charge >= 0.3 is 6.03 Å². The van der Waals surface area contributed by atoms with E-state index in [-0.39, 0.29) is 18.4 Å². The Labute approximate surface area is 112 Å². The Hall–Kier alpha value is -2.08. The van der Waals surface area contributed by atoms with Crippen molar-refractivity contribution in [3.8, 4) is 0 Å². The molecule has 0 aliphatic rings. The van der Waals surface area contributed by atoms with Gasteiger partial charge in [-0.15, -0.1) is 0 Å². The first kappa shape index (κ1) is 15.0. The van der Waals surface area contributed by atoms with Crippen LogP contribution in [0.15, 0.2) is 24.3 Å². The van der Waals surface area contributed by atoms with Crippen LogP contribution in [-0.4, -0.2) is 25.0 Å². The monoisotopic (exact) mass is 264 g/mol. The number of nitrogens with one attached hydrogen (secondary N) is 3. The van der Waals surface area contributed by atoms with Crippen LogP contribution in [0.4, 0.5) is 10.5 Å². The highest BCUT2D eigenvalue weighted by Gasteiger charge is 2.03. The Morgan fingerprint density at radius 1 is 1.16 bits per heavy atom. The van der Waals surface area contributed by atoms with E-state index in [9.17, 15) is 9.59 Å². The standard InChI is InChI=1S/C13H20N4O2/c1-2-15-12(18)7-8-16-13(19)17-11-5-3-10(9-14)4-6-11/h3-6H,2,7-9,14H2,1H3,(H,15,18)(H2,16,17,19). The molecule has 0 bridgehead atoms. The number of urea groups is 1. The van der Waals surface area contributed by atoms with Gasteiger partial charge in [-0.2, -0.15) is 0 Å². The van der Waals surface area contributed by atoms with E-state index in [2.05, 4.69) is 16.0 Å². The number of hydrogen-bond acceptors (Lipinski definition) is 3. The van der Waals surface area contributed by atoms with Gasteiger partial charge in [0.2, 0.25) is 5.91 Å². The number of nitrogens with two attached hydrogens (primary N) is 1. The van der Waals surface area contributed by atoms with Crippen LogP contribution in [0.5, 0.6) is 0 Å². The summed E-state index contributed by atoms with van der Waals surface area (Å²) in [6.45, 7) is 3.22. The summed E-state index contributed by atoms with van der Waals surface area (Å²) < 4.78 is 0. The minimum atomic E-state index is -0.329. The van der Waals surface area contributed by atoms with Crippen molar-refractivity contribution in [2.45, 2.75) is 19.9 Å². The van der Waals surface area contributed by atoms with Gasteiger partial charge in [0.05, 0.1) is 0 Å². The van der Waals surface area contributed by atoms with Crippen LogP contribution in [0.2, 0.25) is 0 Å². The zero-order chi connectivity index (χ0) is 14.1. The highest BCUT2D eigenvalue weighted by atomic mass is 16.2. The predicted octanol–water partition coefficient (Wildman–Crippen LogP) is 0.793. The van der Waals surface area contributed by atoms with Gasteiger partial charge in [0.25, 0.3) is 0 Å². The summed E-state index contributed by atoms with van der Waals surface area (Å²) in [5.74, 6) is -0.0740. The minimum Gasteiger partial charge on any atom is -0.356 e. The van der Waals surface area contributed by atoms with Crippen LogP contribution in [0.1, 0.15) is 18.9 Å². The Bertz CT molecular complexity index is 417. The number of rotatable bonds is 6. The second kappa shape index (κ2) is 8.10. The number of amides is 3. The molecule has 0 aliphatic carbocycles. The molecule has 0 unspecified atom stereocenters. The lowest BCUT2D eigenvalue weighted by molar-refractivity contribution is -0.120. The second-order valence-corrected chi connectivity index (χ2v) is 3.99. The smallest absolute Gasteiger partial charge is 0.319 e. The normalized spacial score (nSPS) is 9.79. The maximum absolute atomic E-state index is 11.5. The summed E-state index contributed by atoms with van der Waals surface area (Å²) in [6.07, 6.45) is 0.271. The molecule has 1 rings (SSSR count). The Morgan fingerprint density at radius 2 is 1.84 bits per heavy atom. The fourth-order valence-electron chi connectivity index (χ4n) is 1.47. The van der Waals surface area contributed by atoms with Crippen LogP contribution in [0, 0.1) is 0 Å². The highest BCUT2D eigenvalue weighted by Crippen LogP contribution is 2.08. The van der Waals surface area contributed by atoms with Crippen LogP contribution < -0.4 is 21.7 Å². The van der Waals surface area contributed by atoms with Crippen LogP contribution in [0.3, 0.4) is 0 Å². The molecule has 0 saturated carbocycles. The quantitative estimate of drug-likeness (QED) is 0.611. The summed E-state index contributed by atoms with van der Waals surface area (Å²) in [5.41, 5.74) is 7.17. The molecule has 1 aromatic carbocycles. The zero-order valence-electron chi connectivity index (χ0n) is 11.0.